The molecule has 0 aromatic carbocycles. The first-order valence-electron chi connectivity index (χ1n) is 8.08. The maximum Gasteiger partial charge on any atom is 0.236 e. The van der Waals surface area contributed by atoms with Gasteiger partial charge in [0, 0.05) is 13.1 Å². The fourth-order valence-corrected chi connectivity index (χ4v) is 3.78. The van der Waals surface area contributed by atoms with E-state index in [4.69, 9.17) is 10.9 Å². The lowest BCUT2D eigenvalue weighted by Crippen LogP contribution is -2.52. The first kappa shape index (κ1) is 16.1. The zero-order valence-electron chi connectivity index (χ0n) is 13.6. The van der Waals surface area contributed by atoms with Crippen LogP contribution in [-0.2, 0) is 4.79 Å². The van der Waals surface area contributed by atoms with Crippen LogP contribution in [0, 0.1) is 16.7 Å². The van der Waals surface area contributed by atoms with E-state index in [2.05, 4.69) is 25.9 Å². The average molecular weight is 295 g/mol. The summed E-state index contributed by atoms with van der Waals surface area (Å²) >= 11 is 0. The Morgan fingerprint density at radius 2 is 1.90 bits per heavy atom. The Balaban J connectivity index is 2.17. The molecule has 1 aliphatic heterocycles. The van der Waals surface area contributed by atoms with Crippen LogP contribution in [0.1, 0.15) is 59.3 Å². The first-order chi connectivity index (χ1) is 9.81. The standard InChI is InChI=1S/C16H29N3O2/c1-15(2,3)12-7-10-19(11-12)14(20)16(13(17)18-21)8-5-4-6-9-16/h12,21H,4-11H2,1-3H3,(H2,17,18). The molecule has 120 valence electrons. The van der Waals surface area contributed by atoms with Crippen molar-refractivity contribution < 1.29 is 10.0 Å². The smallest absolute Gasteiger partial charge is 0.236 e. The topological polar surface area (TPSA) is 78.9 Å². The summed E-state index contributed by atoms with van der Waals surface area (Å²) in [4.78, 5) is 15.0. The van der Waals surface area contributed by atoms with E-state index in [9.17, 15) is 4.79 Å². The normalized spacial score (nSPS) is 26.9. The second kappa shape index (κ2) is 5.85. The zero-order chi connectivity index (χ0) is 15.7. The lowest BCUT2D eigenvalue weighted by Gasteiger charge is -2.38. The lowest BCUT2D eigenvalue weighted by molar-refractivity contribution is -0.139. The summed E-state index contributed by atoms with van der Waals surface area (Å²) in [5.41, 5.74) is 5.37. The van der Waals surface area contributed by atoms with Crippen LogP contribution in [0.3, 0.4) is 0 Å². The van der Waals surface area contributed by atoms with Crippen molar-refractivity contribution in [1.82, 2.24) is 4.90 Å². The number of carbonyl (C=O) groups excluding carboxylic acids is 1. The summed E-state index contributed by atoms with van der Waals surface area (Å²) in [7, 11) is 0. The third-order valence-electron chi connectivity index (χ3n) is 5.41. The molecule has 1 aliphatic carbocycles. The van der Waals surface area contributed by atoms with Crippen LogP contribution in [0.15, 0.2) is 5.16 Å². The lowest BCUT2D eigenvalue weighted by atomic mass is 9.72. The monoisotopic (exact) mass is 295 g/mol. The van der Waals surface area contributed by atoms with Crippen molar-refractivity contribution in [1.29, 1.82) is 0 Å². The van der Waals surface area contributed by atoms with Crippen molar-refractivity contribution in [3.63, 3.8) is 0 Å². The molecule has 1 saturated carbocycles. The molecule has 3 N–H and O–H groups in total. The molecule has 2 aliphatic rings. The molecule has 1 heterocycles. The predicted molar refractivity (Wildman–Crippen MR) is 83.1 cm³/mol. The van der Waals surface area contributed by atoms with E-state index in [1.54, 1.807) is 0 Å². The van der Waals surface area contributed by atoms with Gasteiger partial charge in [0.2, 0.25) is 5.91 Å². The number of nitrogens with two attached hydrogens (primary N) is 1. The number of amidine groups is 1. The Morgan fingerprint density at radius 1 is 1.29 bits per heavy atom. The van der Waals surface area contributed by atoms with Gasteiger partial charge in [-0.25, -0.2) is 0 Å². The number of amides is 1. The van der Waals surface area contributed by atoms with E-state index in [-0.39, 0.29) is 17.2 Å². The van der Waals surface area contributed by atoms with E-state index in [1.807, 2.05) is 4.90 Å². The van der Waals surface area contributed by atoms with Crippen molar-refractivity contribution in [3.05, 3.63) is 0 Å². The highest BCUT2D eigenvalue weighted by Crippen LogP contribution is 2.41. The van der Waals surface area contributed by atoms with Crippen molar-refractivity contribution in [2.24, 2.45) is 27.6 Å². The largest absolute Gasteiger partial charge is 0.409 e. The number of likely N-dealkylation sites (tertiary alicyclic amines) is 1. The van der Waals surface area contributed by atoms with Crippen LogP contribution < -0.4 is 5.73 Å². The maximum absolute atomic E-state index is 13.0. The van der Waals surface area contributed by atoms with Gasteiger partial charge in [-0.1, -0.05) is 45.2 Å². The number of hydrogen-bond donors (Lipinski definition) is 2. The number of rotatable bonds is 2. The number of hydrogen-bond acceptors (Lipinski definition) is 3. The molecular formula is C16H29N3O2. The van der Waals surface area contributed by atoms with Gasteiger partial charge in [0.1, 0.15) is 5.41 Å². The van der Waals surface area contributed by atoms with Crippen LogP contribution in [-0.4, -0.2) is 34.9 Å². The second-order valence-corrected chi connectivity index (χ2v) is 7.73. The number of oxime groups is 1. The summed E-state index contributed by atoms with van der Waals surface area (Å²) in [6.07, 6.45) is 5.52. The summed E-state index contributed by atoms with van der Waals surface area (Å²) in [5, 5.41) is 12.3. The minimum absolute atomic E-state index is 0.0734. The van der Waals surface area contributed by atoms with Crippen LogP contribution >= 0.6 is 0 Å². The van der Waals surface area contributed by atoms with Crippen LogP contribution in [0.5, 0.6) is 0 Å². The Hall–Kier alpha value is -1.26. The van der Waals surface area contributed by atoms with Gasteiger partial charge < -0.3 is 15.8 Å². The van der Waals surface area contributed by atoms with E-state index in [0.717, 1.165) is 38.8 Å². The minimum Gasteiger partial charge on any atom is -0.409 e. The summed E-state index contributed by atoms with van der Waals surface area (Å²) < 4.78 is 0. The molecular weight excluding hydrogens is 266 g/mol. The van der Waals surface area contributed by atoms with Gasteiger partial charge >= 0.3 is 0 Å². The highest BCUT2D eigenvalue weighted by molar-refractivity contribution is 6.06. The molecule has 1 atom stereocenters. The fourth-order valence-electron chi connectivity index (χ4n) is 3.78. The van der Waals surface area contributed by atoms with Crippen LogP contribution in [0.2, 0.25) is 0 Å². The van der Waals surface area contributed by atoms with E-state index in [0.29, 0.717) is 18.8 Å². The van der Waals surface area contributed by atoms with Crippen molar-refractivity contribution in [3.8, 4) is 0 Å². The molecule has 1 unspecified atom stereocenters. The number of carbonyl (C=O) groups is 1. The maximum atomic E-state index is 13.0. The van der Waals surface area contributed by atoms with Crippen molar-refractivity contribution >= 4 is 11.7 Å². The van der Waals surface area contributed by atoms with Crippen molar-refractivity contribution in [2.75, 3.05) is 13.1 Å². The molecule has 1 amide bonds. The Kier molecular flexibility index (Phi) is 4.49. The highest BCUT2D eigenvalue weighted by Gasteiger charge is 2.48. The molecule has 0 radical (unpaired) electrons. The quantitative estimate of drug-likeness (QED) is 0.356. The Bertz CT molecular complexity index is 420. The molecule has 5 heteroatoms. The van der Waals surface area contributed by atoms with Gasteiger partial charge in [0.05, 0.1) is 0 Å². The third-order valence-corrected chi connectivity index (χ3v) is 5.41. The van der Waals surface area contributed by atoms with Crippen LogP contribution in [0.25, 0.3) is 0 Å². The number of nitrogens with zero attached hydrogens (tertiary/aromatic N) is 2. The molecule has 5 nitrogen and oxygen atoms in total. The van der Waals surface area contributed by atoms with Gasteiger partial charge in [0.25, 0.3) is 0 Å². The zero-order valence-corrected chi connectivity index (χ0v) is 13.6. The van der Waals surface area contributed by atoms with Crippen LogP contribution in [0.4, 0.5) is 0 Å². The van der Waals surface area contributed by atoms with E-state index in [1.165, 1.54) is 0 Å². The summed E-state index contributed by atoms with van der Waals surface area (Å²) in [6, 6.07) is 0. The Morgan fingerprint density at radius 3 is 2.38 bits per heavy atom. The summed E-state index contributed by atoms with van der Waals surface area (Å²) in [6.45, 7) is 8.27. The molecule has 2 rings (SSSR count). The van der Waals surface area contributed by atoms with Gasteiger partial charge in [-0.15, -0.1) is 0 Å². The first-order valence-corrected chi connectivity index (χ1v) is 8.08. The average Bonchev–Trinajstić information content (AvgIpc) is 2.96. The van der Waals surface area contributed by atoms with Gasteiger partial charge in [-0.3, -0.25) is 4.79 Å². The van der Waals surface area contributed by atoms with Gasteiger partial charge in [-0.2, -0.15) is 0 Å². The van der Waals surface area contributed by atoms with Gasteiger partial charge in [-0.05, 0) is 30.6 Å². The second-order valence-electron chi connectivity index (χ2n) is 7.73. The highest BCUT2D eigenvalue weighted by atomic mass is 16.4. The third kappa shape index (κ3) is 3.01. The molecule has 0 bridgehead atoms. The summed E-state index contributed by atoms with van der Waals surface area (Å²) in [5.74, 6) is 0.699. The molecule has 21 heavy (non-hydrogen) atoms. The molecule has 2 fully saturated rings. The predicted octanol–water partition coefficient (Wildman–Crippen LogP) is 2.58. The molecule has 0 aromatic rings. The Labute approximate surface area is 127 Å². The van der Waals surface area contributed by atoms with Crippen molar-refractivity contribution in [2.45, 2.75) is 59.3 Å². The van der Waals surface area contributed by atoms with Gasteiger partial charge in [0.15, 0.2) is 5.84 Å². The molecule has 0 spiro atoms. The van der Waals surface area contributed by atoms with E-state index < -0.39 is 5.41 Å². The fraction of sp³-hybridized carbons (Fsp3) is 0.875. The molecule has 1 saturated heterocycles. The minimum atomic E-state index is -0.764. The molecule has 0 aromatic heterocycles. The van der Waals surface area contributed by atoms with E-state index >= 15 is 0 Å². The SMILES string of the molecule is CC(C)(C)C1CCN(C(=O)C2(C(N)=NO)CCCCC2)C1.